The molecule has 0 aliphatic carbocycles. The van der Waals surface area contributed by atoms with Crippen molar-refractivity contribution in [2.75, 3.05) is 20.3 Å². The molecule has 0 heterocycles. The minimum absolute atomic E-state index is 0.524. The average Bonchev–Trinajstić information content (AvgIpc) is 2.10. The lowest BCUT2D eigenvalue weighted by Crippen LogP contribution is -2.05. The number of halogens is 2. The summed E-state index contributed by atoms with van der Waals surface area (Å²) >= 11 is 8.13. The van der Waals surface area contributed by atoms with E-state index in [1.807, 2.05) is 18.2 Å². The second-order valence-corrected chi connectivity index (χ2v) is 3.96. The maximum Gasteiger partial charge on any atom is 0.151 e. The lowest BCUT2D eigenvalue weighted by molar-refractivity contribution is 0.146. The van der Waals surface area contributed by atoms with Crippen molar-refractivity contribution < 1.29 is 9.47 Å². The molecule has 0 amide bonds. The fourth-order valence-electron chi connectivity index (χ4n) is 0.847. The molecule has 13 heavy (non-hydrogen) atoms. The van der Waals surface area contributed by atoms with E-state index in [0.29, 0.717) is 18.2 Å². The number of ether oxygens (including phenoxy) is 2. The van der Waals surface area contributed by atoms with Crippen LogP contribution in [0.25, 0.3) is 0 Å². The van der Waals surface area contributed by atoms with Gasteiger partial charge in [-0.3, -0.25) is 0 Å². The summed E-state index contributed by atoms with van der Waals surface area (Å²) < 4.78 is 11.3. The van der Waals surface area contributed by atoms with Gasteiger partial charge in [0.25, 0.3) is 0 Å². The highest BCUT2D eigenvalue weighted by Gasteiger charge is 2.04. The van der Waals surface area contributed by atoms with Crippen LogP contribution in [0.1, 0.15) is 0 Å². The molecule has 0 spiro atoms. The van der Waals surface area contributed by atoms with Crippen LogP contribution in [0.3, 0.4) is 0 Å². The fraction of sp³-hybridized carbons (Fsp3) is 0.333. The highest BCUT2D eigenvalue weighted by molar-refractivity contribution is 14.1. The Hall–Kier alpha value is -0.000000000000000111. The summed E-state index contributed by atoms with van der Waals surface area (Å²) in [5.41, 5.74) is 0. The second-order valence-electron chi connectivity index (χ2n) is 2.39. The van der Waals surface area contributed by atoms with Crippen LogP contribution in [0.2, 0.25) is 5.02 Å². The molecule has 0 aromatic heterocycles. The summed E-state index contributed by atoms with van der Waals surface area (Å²) in [6, 6.07) is 5.66. The maximum atomic E-state index is 5.94. The van der Waals surface area contributed by atoms with E-state index in [4.69, 9.17) is 21.1 Å². The number of rotatable bonds is 4. The highest BCUT2D eigenvalue weighted by atomic mass is 127. The van der Waals surface area contributed by atoms with E-state index in [2.05, 4.69) is 22.6 Å². The predicted octanol–water partition coefficient (Wildman–Crippen LogP) is 2.97. The van der Waals surface area contributed by atoms with E-state index in [1.54, 1.807) is 7.11 Å². The van der Waals surface area contributed by atoms with Gasteiger partial charge in [0.15, 0.2) is 5.75 Å². The van der Waals surface area contributed by atoms with Crippen molar-refractivity contribution in [2.45, 2.75) is 0 Å². The Morgan fingerprint density at radius 1 is 1.38 bits per heavy atom. The van der Waals surface area contributed by atoms with E-state index in [1.165, 1.54) is 0 Å². The molecule has 0 aliphatic heterocycles. The number of para-hydroxylation sites is 1. The number of hydrogen-bond donors (Lipinski definition) is 0. The van der Waals surface area contributed by atoms with Gasteiger partial charge >= 0.3 is 0 Å². The van der Waals surface area contributed by atoms with Crippen LogP contribution in [0.4, 0.5) is 0 Å². The van der Waals surface area contributed by atoms with Gasteiger partial charge in [0.05, 0.1) is 15.2 Å². The molecule has 0 unspecified atom stereocenters. The Labute approximate surface area is 96.3 Å². The van der Waals surface area contributed by atoms with E-state index in [9.17, 15) is 0 Å². The molecular weight excluding hydrogens is 302 g/mol. The Morgan fingerprint density at radius 2 is 2.15 bits per heavy atom. The maximum absolute atomic E-state index is 5.94. The lowest BCUT2D eigenvalue weighted by Gasteiger charge is -2.08. The van der Waals surface area contributed by atoms with Crippen molar-refractivity contribution >= 4 is 34.2 Å². The van der Waals surface area contributed by atoms with Gasteiger partial charge < -0.3 is 9.47 Å². The third-order valence-corrected chi connectivity index (χ3v) is 2.60. The van der Waals surface area contributed by atoms with Crippen LogP contribution in [-0.4, -0.2) is 20.3 Å². The van der Waals surface area contributed by atoms with Crippen LogP contribution in [0, 0.1) is 3.57 Å². The third kappa shape index (κ3) is 3.32. The number of benzene rings is 1. The molecule has 1 rings (SSSR count). The lowest BCUT2D eigenvalue weighted by atomic mass is 10.3. The minimum atomic E-state index is 0.524. The van der Waals surface area contributed by atoms with Crippen molar-refractivity contribution in [3.63, 3.8) is 0 Å². The van der Waals surface area contributed by atoms with Gasteiger partial charge in [-0.05, 0) is 34.7 Å². The summed E-state index contributed by atoms with van der Waals surface area (Å²) in [7, 11) is 1.64. The van der Waals surface area contributed by atoms with Crippen molar-refractivity contribution in [3.8, 4) is 5.75 Å². The van der Waals surface area contributed by atoms with Gasteiger partial charge in [-0.2, -0.15) is 0 Å². The third-order valence-electron chi connectivity index (χ3n) is 1.45. The standard InChI is InChI=1S/C9H10ClIO2/c1-12-5-6-13-9-7(10)3-2-4-8(9)11/h2-4H,5-6H2,1H3. The largest absolute Gasteiger partial charge is 0.489 e. The fourth-order valence-corrected chi connectivity index (χ4v) is 1.89. The first kappa shape index (κ1) is 11.1. The molecule has 0 aliphatic rings. The first-order valence-corrected chi connectivity index (χ1v) is 5.27. The molecule has 1 aromatic rings. The van der Waals surface area contributed by atoms with Crippen LogP contribution >= 0.6 is 34.2 Å². The van der Waals surface area contributed by atoms with Crippen LogP contribution < -0.4 is 4.74 Å². The van der Waals surface area contributed by atoms with Gasteiger partial charge in [-0.25, -0.2) is 0 Å². The predicted molar refractivity (Wildman–Crippen MR) is 61.5 cm³/mol. The SMILES string of the molecule is COCCOc1c(Cl)cccc1I. The molecule has 0 bridgehead atoms. The molecule has 0 saturated carbocycles. The van der Waals surface area contributed by atoms with E-state index >= 15 is 0 Å². The zero-order valence-corrected chi connectivity index (χ0v) is 10.1. The van der Waals surface area contributed by atoms with Crippen molar-refractivity contribution in [2.24, 2.45) is 0 Å². The monoisotopic (exact) mass is 312 g/mol. The smallest absolute Gasteiger partial charge is 0.151 e. The molecule has 1 aromatic carbocycles. The topological polar surface area (TPSA) is 18.5 Å². The second kappa shape index (κ2) is 5.67. The van der Waals surface area contributed by atoms with Crippen molar-refractivity contribution in [3.05, 3.63) is 26.8 Å². The Kier molecular flexibility index (Phi) is 4.83. The van der Waals surface area contributed by atoms with Crippen molar-refractivity contribution in [1.82, 2.24) is 0 Å². The molecule has 0 N–H and O–H groups in total. The molecular formula is C9H10ClIO2. The first-order chi connectivity index (χ1) is 6.25. The summed E-state index contributed by atoms with van der Waals surface area (Å²) in [6.45, 7) is 1.09. The van der Waals surface area contributed by atoms with Gasteiger partial charge in [-0.15, -0.1) is 0 Å². The van der Waals surface area contributed by atoms with Crippen LogP contribution in [-0.2, 0) is 4.74 Å². The quantitative estimate of drug-likeness (QED) is 0.628. The molecule has 0 fully saturated rings. The van der Waals surface area contributed by atoms with E-state index in [-0.39, 0.29) is 0 Å². The van der Waals surface area contributed by atoms with Gasteiger partial charge in [-0.1, -0.05) is 17.7 Å². The number of hydrogen-bond acceptors (Lipinski definition) is 2. The molecule has 2 nitrogen and oxygen atoms in total. The minimum Gasteiger partial charge on any atom is -0.489 e. The van der Waals surface area contributed by atoms with Gasteiger partial charge in [0, 0.05) is 7.11 Å². The summed E-state index contributed by atoms with van der Waals surface area (Å²) in [5.74, 6) is 0.738. The molecule has 0 atom stereocenters. The zero-order chi connectivity index (χ0) is 9.68. The Bertz CT molecular complexity index is 258. The highest BCUT2D eigenvalue weighted by Crippen LogP contribution is 2.29. The summed E-state index contributed by atoms with van der Waals surface area (Å²) in [6.07, 6.45) is 0. The van der Waals surface area contributed by atoms with Gasteiger partial charge in [0.1, 0.15) is 6.61 Å². The molecule has 72 valence electrons. The van der Waals surface area contributed by atoms with Crippen LogP contribution in [0.5, 0.6) is 5.75 Å². The summed E-state index contributed by atoms with van der Waals surface area (Å²) in [5, 5.41) is 0.642. The zero-order valence-electron chi connectivity index (χ0n) is 7.22. The van der Waals surface area contributed by atoms with Gasteiger partial charge in [0.2, 0.25) is 0 Å². The summed E-state index contributed by atoms with van der Waals surface area (Å²) in [4.78, 5) is 0. The normalized spacial score (nSPS) is 10.1. The molecule has 0 radical (unpaired) electrons. The Balaban J connectivity index is 2.64. The van der Waals surface area contributed by atoms with Crippen molar-refractivity contribution in [1.29, 1.82) is 0 Å². The number of methoxy groups -OCH3 is 1. The Morgan fingerprint density at radius 3 is 2.77 bits per heavy atom. The first-order valence-electron chi connectivity index (χ1n) is 3.81. The van der Waals surface area contributed by atoms with E-state index in [0.717, 1.165) is 9.32 Å². The average molecular weight is 313 g/mol. The molecule has 4 heteroatoms. The van der Waals surface area contributed by atoms with Crippen LogP contribution in [0.15, 0.2) is 18.2 Å². The molecule has 0 saturated heterocycles. The van der Waals surface area contributed by atoms with E-state index < -0.39 is 0 Å².